The van der Waals surface area contributed by atoms with Gasteiger partial charge in [-0.15, -0.1) is 0 Å². The number of ketones is 1. The Balaban J connectivity index is 2.14. The Morgan fingerprint density at radius 2 is 2.12 bits per heavy atom. The molecule has 1 aromatic rings. The van der Waals surface area contributed by atoms with Gasteiger partial charge in [0, 0.05) is 23.8 Å². The van der Waals surface area contributed by atoms with E-state index >= 15 is 0 Å². The quantitative estimate of drug-likeness (QED) is 0.567. The van der Waals surface area contributed by atoms with Crippen LogP contribution in [0.2, 0.25) is 0 Å². The number of nitrogens with two attached hydrogens (primary N) is 1. The van der Waals surface area contributed by atoms with Crippen molar-refractivity contribution in [3.05, 3.63) is 24.3 Å². The molecule has 1 fully saturated rings. The SMILES string of the molecule is CC(=O)C(CC(=O)ON)C1CCN(c2ccc(NC=S)cc2)C1=O. The second kappa shape index (κ2) is 7.98. The normalized spacial score (nSPS) is 18.2. The van der Waals surface area contributed by atoms with Crippen molar-refractivity contribution in [2.24, 2.45) is 17.7 Å². The number of thiocarbonyl (C=S) groups is 1. The van der Waals surface area contributed by atoms with Crippen molar-refractivity contribution >= 4 is 46.7 Å². The third-order valence-corrected chi connectivity index (χ3v) is 4.30. The summed E-state index contributed by atoms with van der Waals surface area (Å²) in [4.78, 5) is 41.7. The van der Waals surface area contributed by atoms with Gasteiger partial charge in [0.1, 0.15) is 5.78 Å². The number of nitrogens with one attached hydrogen (secondary N) is 1. The minimum atomic E-state index is -0.714. The van der Waals surface area contributed by atoms with Crippen molar-refractivity contribution in [2.45, 2.75) is 19.8 Å². The van der Waals surface area contributed by atoms with E-state index in [9.17, 15) is 14.4 Å². The van der Waals surface area contributed by atoms with E-state index in [1.54, 1.807) is 17.0 Å². The molecule has 0 aliphatic carbocycles. The van der Waals surface area contributed by atoms with E-state index in [1.165, 1.54) is 12.4 Å². The van der Waals surface area contributed by atoms with Crippen LogP contribution in [-0.2, 0) is 19.2 Å². The van der Waals surface area contributed by atoms with Gasteiger partial charge in [0.2, 0.25) is 5.91 Å². The van der Waals surface area contributed by atoms with Crippen LogP contribution < -0.4 is 16.1 Å². The molecule has 0 bridgehead atoms. The van der Waals surface area contributed by atoms with Gasteiger partial charge < -0.3 is 15.1 Å². The highest BCUT2D eigenvalue weighted by atomic mass is 32.1. The minimum absolute atomic E-state index is 0.171. The molecule has 24 heavy (non-hydrogen) atoms. The minimum Gasteiger partial charge on any atom is -0.373 e. The molecule has 1 aliphatic heterocycles. The molecule has 1 aliphatic rings. The maximum Gasteiger partial charge on any atom is 0.325 e. The molecule has 1 heterocycles. The summed E-state index contributed by atoms with van der Waals surface area (Å²) in [6.45, 7) is 1.86. The van der Waals surface area contributed by atoms with Gasteiger partial charge in [-0.1, -0.05) is 12.2 Å². The van der Waals surface area contributed by atoms with Crippen LogP contribution in [0.15, 0.2) is 24.3 Å². The lowest BCUT2D eigenvalue weighted by molar-refractivity contribution is -0.148. The molecular weight excluding hydrogens is 330 g/mol. The van der Waals surface area contributed by atoms with Gasteiger partial charge in [0.15, 0.2) is 0 Å². The molecule has 128 valence electrons. The summed E-state index contributed by atoms with van der Waals surface area (Å²) < 4.78 is 0. The topological polar surface area (TPSA) is 102 Å². The average molecular weight is 349 g/mol. The van der Waals surface area contributed by atoms with Gasteiger partial charge in [-0.05, 0) is 37.6 Å². The molecule has 1 saturated heterocycles. The number of hydrogen-bond donors (Lipinski definition) is 2. The maximum absolute atomic E-state index is 12.7. The monoisotopic (exact) mass is 349 g/mol. The molecule has 8 heteroatoms. The molecule has 7 nitrogen and oxygen atoms in total. The number of anilines is 2. The van der Waals surface area contributed by atoms with Crippen molar-refractivity contribution in [1.82, 2.24) is 0 Å². The Labute approximate surface area is 145 Å². The summed E-state index contributed by atoms with van der Waals surface area (Å²) in [6, 6.07) is 7.23. The Hall–Kier alpha value is -2.32. The van der Waals surface area contributed by atoms with Crippen LogP contribution >= 0.6 is 12.2 Å². The van der Waals surface area contributed by atoms with Crippen molar-refractivity contribution < 1.29 is 19.2 Å². The first-order valence-electron chi connectivity index (χ1n) is 7.49. The van der Waals surface area contributed by atoms with Crippen LogP contribution in [0.3, 0.4) is 0 Å². The lowest BCUT2D eigenvalue weighted by Crippen LogP contribution is -2.34. The fourth-order valence-corrected chi connectivity index (χ4v) is 3.07. The molecule has 0 aromatic heterocycles. The molecular formula is C16H19N3O4S. The van der Waals surface area contributed by atoms with Crippen LogP contribution in [0, 0.1) is 11.8 Å². The van der Waals surface area contributed by atoms with Crippen LogP contribution in [0.1, 0.15) is 19.8 Å². The number of Topliss-reactive ketones (excluding diaryl/α,β-unsaturated/α-hetero) is 1. The predicted octanol–water partition coefficient (Wildman–Crippen LogP) is 1.42. The molecule has 3 N–H and O–H groups in total. The first-order valence-corrected chi connectivity index (χ1v) is 7.96. The molecule has 0 radical (unpaired) electrons. The summed E-state index contributed by atoms with van der Waals surface area (Å²) in [5.41, 5.74) is 2.96. The lowest BCUT2D eigenvalue weighted by Gasteiger charge is -2.20. The van der Waals surface area contributed by atoms with E-state index < -0.39 is 17.8 Å². The molecule has 0 spiro atoms. The third-order valence-electron chi connectivity index (χ3n) is 4.18. The van der Waals surface area contributed by atoms with E-state index in [0.29, 0.717) is 13.0 Å². The summed E-state index contributed by atoms with van der Waals surface area (Å²) >= 11 is 4.73. The van der Waals surface area contributed by atoms with Gasteiger partial charge in [0.05, 0.1) is 17.8 Å². The van der Waals surface area contributed by atoms with Crippen LogP contribution in [0.5, 0.6) is 0 Å². The summed E-state index contributed by atoms with van der Waals surface area (Å²) in [5.74, 6) is 2.49. The van der Waals surface area contributed by atoms with Crippen molar-refractivity contribution in [3.63, 3.8) is 0 Å². The first kappa shape index (κ1) is 18.0. The highest BCUT2D eigenvalue weighted by Crippen LogP contribution is 2.32. The van der Waals surface area contributed by atoms with E-state index in [-0.39, 0.29) is 18.1 Å². The molecule has 1 amide bonds. The molecule has 1 aromatic carbocycles. The van der Waals surface area contributed by atoms with Gasteiger partial charge in [0.25, 0.3) is 0 Å². The zero-order chi connectivity index (χ0) is 17.7. The molecule has 2 unspecified atom stereocenters. The smallest absolute Gasteiger partial charge is 0.325 e. The second-order valence-corrected chi connectivity index (χ2v) is 5.84. The van der Waals surface area contributed by atoms with Gasteiger partial charge in [-0.25, -0.2) is 0 Å². The van der Waals surface area contributed by atoms with Crippen molar-refractivity contribution in [1.29, 1.82) is 0 Å². The van der Waals surface area contributed by atoms with E-state index in [0.717, 1.165) is 11.4 Å². The Kier molecular flexibility index (Phi) is 5.99. The number of carbonyl (C=O) groups excluding carboxylic acids is 3. The fraction of sp³-hybridized carbons (Fsp3) is 0.375. The Morgan fingerprint density at radius 3 is 2.67 bits per heavy atom. The molecule has 2 rings (SSSR count). The number of hydrogen-bond acceptors (Lipinski definition) is 6. The summed E-state index contributed by atoms with van der Waals surface area (Å²) in [7, 11) is 0. The maximum atomic E-state index is 12.7. The molecule has 2 atom stereocenters. The van der Waals surface area contributed by atoms with E-state index in [4.69, 9.17) is 18.1 Å². The predicted molar refractivity (Wildman–Crippen MR) is 93.2 cm³/mol. The highest BCUT2D eigenvalue weighted by molar-refractivity contribution is 7.79. The zero-order valence-electron chi connectivity index (χ0n) is 13.2. The van der Waals surface area contributed by atoms with Gasteiger partial charge >= 0.3 is 5.97 Å². The standard InChI is InChI=1S/C16H19N3O4S/c1-10(20)14(8-15(21)23-17)13-6-7-19(16(13)22)12-4-2-11(3-5-12)18-9-24/h2-5,9,13-14H,6-8,17H2,1H3,(H,18,24). The average Bonchev–Trinajstić information content (AvgIpc) is 2.94. The first-order chi connectivity index (χ1) is 11.5. The second-order valence-electron chi connectivity index (χ2n) is 5.61. The number of amides is 1. The van der Waals surface area contributed by atoms with Crippen molar-refractivity contribution in [3.8, 4) is 0 Å². The van der Waals surface area contributed by atoms with Crippen LogP contribution in [0.25, 0.3) is 0 Å². The van der Waals surface area contributed by atoms with Gasteiger partial charge in [-0.3, -0.25) is 14.4 Å². The fourth-order valence-electron chi connectivity index (χ4n) is 2.93. The van der Waals surface area contributed by atoms with Crippen molar-refractivity contribution in [2.75, 3.05) is 16.8 Å². The number of carbonyl (C=O) groups is 3. The van der Waals surface area contributed by atoms with E-state index in [1.807, 2.05) is 12.1 Å². The zero-order valence-corrected chi connectivity index (χ0v) is 14.0. The summed E-state index contributed by atoms with van der Waals surface area (Å²) in [5, 5.41) is 2.88. The number of benzene rings is 1. The third kappa shape index (κ3) is 3.95. The summed E-state index contributed by atoms with van der Waals surface area (Å²) in [6.07, 6.45) is 0.314. The number of nitrogens with zero attached hydrogens (tertiary/aromatic N) is 1. The van der Waals surface area contributed by atoms with Crippen LogP contribution in [-0.4, -0.2) is 29.7 Å². The van der Waals surface area contributed by atoms with Crippen LogP contribution in [0.4, 0.5) is 11.4 Å². The number of rotatable bonds is 7. The lowest BCUT2D eigenvalue weighted by atomic mass is 9.85. The van der Waals surface area contributed by atoms with Gasteiger partial charge in [-0.2, -0.15) is 5.90 Å². The van der Waals surface area contributed by atoms with E-state index in [2.05, 4.69) is 10.2 Å². The molecule has 0 saturated carbocycles. The largest absolute Gasteiger partial charge is 0.373 e. The Bertz CT molecular complexity index is 647. The Morgan fingerprint density at radius 1 is 1.46 bits per heavy atom. The highest BCUT2D eigenvalue weighted by Gasteiger charge is 2.41.